The molecule has 5 nitrogen and oxygen atoms in total. The van der Waals surface area contributed by atoms with E-state index in [-0.39, 0.29) is 11.9 Å². The molecule has 1 amide bonds. The van der Waals surface area contributed by atoms with Gasteiger partial charge >= 0.3 is 5.97 Å². The Morgan fingerprint density at radius 2 is 1.83 bits per heavy atom. The van der Waals surface area contributed by atoms with Crippen LogP contribution >= 0.6 is 0 Å². The topological polar surface area (TPSA) is 51.5 Å². The quantitative estimate of drug-likeness (QED) is 0.778. The molecule has 134 valence electrons. The highest BCUT2D eigenvalue weighted by molar-refractivity contribution is 5.90. The molecule has 2 rings (SSSR count). The predicted molar refractivity (Wildman–Crippen MR) is 94.1 cm³/mol. The minimum absolute atomic E-state index is 0.224. The number of rotatable bonds is 5. The molecule has 0 unspecified atom stereocenters. The van der Waals surface area contributed by atoms with Crippen LogP contribution in [0.25, 0.3) is 0 Å². The minimum Gasteiger partial charge on any atom is -0.461 e. The summed E-state index contributed by atoms with van der Waals surface area (Å²) in [6, 6.07) is 0. The van der Waals surface area contributed by atoms with Gasteiger partial charge in [0.1, 0.15) is 5.69 Å². The average molecular weight is 334 g/mol. The van der Waals surface area contributed by atoms with E-state index in [9.17, 15) is 9.59 Å². The van der Waals surface area contributed by atoms with Gasteiger partial charge in [-0.3, -0.25) is 4.79 Å². The first-order chi connectivity index (χ1) is 11.4. The van der Waals surface area contributed by atoms with Crippen LogP contribution in [-0.2, 0) is 23.0 Å². The summed E-state index contributed by atoms with van der Waals surface area (Å²) in [5.41, 5.74) is 3.67. The second-order valence-corrected chi connectivity index (χ2v) is 6.88. The Bertz CT molecular complexity index is 611. The van der Waals surface area contributed by atoms with Gasteiger partial charge in [0.05, 0.1) is 6.61 Å². The maximum atomic E-state index is 12.5. The fourth-order valence-electron chi connectivity index (χ4n) is 3.54. The molecule has 0 aromatic carbocycles. The van der Waals surface area contributed by atoms with Crippen molar-refractivity contribution in [3.8, 4) is 0 Å². The van der Waals surface area contributed by atoms with Gasteiger partial charge in [0, 0.05) is 32.3 Å². The Balaban J connectivity index is 2.06. The molecule has 1 saturated heterocycles. The van der Waals surface area contributed by atoms with E-state index in [0.29, 0.717) is 25.1 Å². The van der Waals surface area contributed by atoms with E-state index in [2.05, 4.69) is 6.92 Å². The molecule has 1 aliphatic heterocycles. The van der Waals surface area contributed by atoms with Crippen LogP contribution in [0.4, 0.5) is 0 Å². The Hall–Kier alpha value is -1.78. The van der Waals surface area contributed by atoms with Crippen LogP contribution in [0.15, 0.2) is 0 Å². The van der Waals surface area contributed by atoms with Gasteiger partial charge in [-0.1, -0.05) is 6.92 Å². The molecule has 0 saturated carbocycles. The zero-order valence-corrected chi connectivity index (χ0v) is 15.6. The van der Waals surface area contributed by atoms with Gasteiger partial charge in [-0.05, 0) is 57.1 Å². The fraction of sp³-hybridized carbons (Fsp3) is 0.684. The molecule has 1 aromatic heterocycles. The van der Waals surface area contributed by atoms with Crippen molar-refractivity contribution in [1.29, 1.82) is 0 Å². The smallest absolute Gasteiger partial charge is 0.355 e. The average Bonchev–Trinajstić information content (AvgIpc) is 2.76. The summed E-state index contributed by atoms with van der Waals surface area (Å²) in [5.74, 6) is 0.658. The maximum Gasteiger partial charge on any atom is 0.355 e. The van der Waals surface area contributed by atoms with E-state index in [1.807, 2.05) is 37.3 Å². The SMILES string of the molecule is CCOC(=O)c1c(C)c(CCC(=O)N2CCC(C)CC2)c(C)n1C. The number of piperidine rings is 1. The normalized spacial score (nSPS) is 15.6. The number of ether oxygens (including phenoxy) is 1. The third-order valence-corrected chi connectivity index (χ3v) is 5.28. The summed E-state index contributed by atoms with van der Waals surface area (Å²) in [6.45, 7) is 10.1. The molecule has 1 aromatic rings. The number of esters is 1. The maximum absolute atomic E-state index is 12.5. The first kappa shape index (κ1) is 18.6. The molecule has 24 heavy (non-hydrogen) atoms. The summed E-state index contributed by atoms with van der Waals surface area (Å²) >= 11 is 0. The van der Waals surface area contributed by atoms with Crippen molar-refractivity contribution in [2.45, 2.75) is 53.4 Å². The lowest BCUT2D eigenvalue weighted by atomic mass is 9.98. The molecule has 2 heterocycles. The van der Waals surface area contributed by atoms with E-state index in [1.165, 1.54) is 0 Å². The lowest BCUT2D eigenvalue weighted by molar-refractivity contribution is -0.132. The number of nitrogens with zero attached hydrogens (tertiary/aromatic N) is 2. The molecule has 0 radical (unpaired) electrons. The summed E-state index contributed by atoms with van der Waals surface area (Å²) < 4.78 is 7.04. The van der Waals surface area contributed by atoms with Crippen LogP contribution in [0, 0.1) is 19.8 Å². The molecule has 1 fully saturated rings. The van der Waals surface area contributed by atoms with E-state index in [4.69, 9.17) is 4.74 Å². The third kappa shape index (κ3) is 3.82. The lowest BCUT2D eigenvalue weighted by Gasteiger charge is -2.30. The van der Waals surface area contributed by atoms with Gasteiger partial charge in [0.25, 0.3) is 0 Å². The lowest BCUT2D eigenvalue weighted by Crippen LogP contribution is -2.38. The molecule has 0 N–H and O–H groups in total. The minimum atomic E-state index is -0.289. The van der Waals surface area contributed by atoms with Crippen molar-refractivity contribution in [3.63, 3.8) is 0 Å². The number of likely N-dealkylation sites (tertiary alicyclic amines) is 1. The second kappa shape index (κ2) is 7.86. The van der Waals surface area contributed by atoms with Crippen LogP contribution < -0.4 is 0 Å². The van der Waals surface area contributed by atoms with E-state index in [1.54, 1.807) is 0 Å². The van der Waals surface area contributed by atoms with Crippen LogP contribution in [0.1, 0.15) is 60.4 Å². The van der Waals surface area contributed by atoms with Gasteiger partial charge in [0.2, 0.25) is 5.91 Å². The molecule has 0 aliphatic carbocycles. The van der Waals surface area contributed by atoms with Gasteiger partial charge in [-0.25, -0.2) is 4.79 Å². The van der Waals surface area contributed by atoms with E-state index in [0.717, 1.165) is 48.7 Å². The summed E-state index contributed by atoms with van der Waals surface area (Å²) in [6.07, 6.45) is 3.38. The number of amides is 1. The summed E-state index contributed by atoms with van der Waals surface area (Å²) in [4.78, 5) is 26.6. The van der Waals surface area contributed by atoms with Crippen molar-refractivity contribution in [2.24, 2.45) is 13.0 Å². The van der Waals surface area contributed by atoms with Crippen molar-refractivity contribution < 1.29 is 14.3 Å². The number of carbonyl (C=O) groups is 2. The zero-order valence-electron chi connectivity index (χ0n) is 15.6. The molecule has 0 atom stereocenters. The Morgan fingerprint density at radius 3 is 2.42 bits per heavy atom. The van der Waals surface area contributed by atoms with Crippen LogP contribution in [-0.4, -0.2) is 41.0 Å². The van der Waals surface area contributed by atoms with Gasteiger partial charge in [-0.2, -0.15) is 0 Å². The molecule has 1 aliphatic rings. The molecular formula is C19H30N2O3. The largest absolute Gasteiger partial charge is 0.461 e. The molecular weight excluding hydrogens is 304 g/mol. The predicted octanol–water partition coefficient (Wildman–Crippen LogP) is 3.01. The van der Waals surface area contributed by atoms with Gasteiger partial charge in [-0.15, -0.1) is 0 Å². The fourth-order valence-corrected chi connectivity index (χ4v) is 3.54. The number of hydrogen-bond acceptors (Lipinski definition) is 3. The van der Waals surface area contributed by atoms with Crippen molar-refractivity contribution in [2.75, 3.05) is 19.7 Å². The highest BCUT2D eigenvalue weighted by Crippen LogP contribution is 2.24. The first-order valence-electron chi connectivity index (χ1n) is 8.96. The molecule has 0 spiro atoms. The van der Waals surface area contributed by atoms with Crippen LogP contribution in [0.2, 0.25) is 0 Å². The van der Waals surface area contributed by atoms with E-state index < -0.39 is 0 Å². The zero-order chi connectivity index (χ0) is 17.9. The number of hydrogen-bond donors (Lipinski definition) is 0. The van der Waals surface area contributed by atoms with Crippen molar-refractivity contribution in [1.82, 2.24) is 9.47 Å². The van der Waals surface area contributed by atoms with Crippen LogP contribution in [0.5, 0.6) is 0 Å². The van der Waals surface area contributed by atoms with E-state index >= 15 is 0 Å². The number of carbonyl (C=O) groups excluding carboxylic acids is 2. The Morgan fingerprint density at radius 1 is 1.21 bits per heavy atom. The molecule has 5 heteroatoms. The van der Waals surface area contributed by atoms with Gasteiger partial charge < -0.3 is 14.2 Å². The van der Waals surface area contributed by atoms with Gasteiger partial charge in [0.15, 0.2) is 0 Å². The standard InChI is InChI=1S/C19H30N2O3/c1-6-24-19(23)18-14(3)16(15(4)20(18)5)7-8-17(22)21-11-9-13(2)10-12-21/h13H,6-12H2,1-5H3. The highest BCUT2D eigenvalue weighted by atomic mass is 16.5. The first-order valence-corrected chi connectivity index (χ1v) is 8.96. The summed E-state index contributed by atoms with van der Waals surface area (Å²) in [5, 5.41) is 0. The van der Waals surface area contributed by atoms with Crippen molar-refractivity contribution in [3.05, 3.63) is 22.5 Å². The van der Waals surface area contributed by atoms with Crippen LogP contribution in [0.3, 0.4) is 0 Å². The van der Waals surface area contributed by atoms with Crippen molar-refractivity contribution >= 4 is 11.9 Å². The third-order valence-electron chi connectivity index (χ3n) is 5.28. The summed E-state index contributed by atoms with van der Waals surface area (Å²) in [7, 11) is 1.88. The highest BCUT2D eigenvalue weighted by Gasteiger charge is 2.24. The second-order valence-electron chi connectivity index (χ2n) is 6.88. The Kier molecular flexibility index (Phi) is 6.08. The number of aromatic nitrogens is 1. The Labute approximate surface area is 145 Å². The molecule has 0 bridgehead atoms. The monoisotopic (exact) mass is 334 g/mol.